The highest BCUT2D eigenvalue weighted by molar-refractivity contribution is 5.99. The molecule has 0 bridgehead atoms. The third kappa shape index (κ3) is 4.85. The smallest absolute Gasteiger partial charge is 0.268 e. The quantitative estimate of drug-likeness (QED) is 0.551. The van der Waals surface area contributed by atoms with E-state index in [0.717, 1.165) is 16.7 Å². The number of ether oxygens (including phenoxy) is 1. The Balaban J connectivity index is 1.51. The van der Waals surface area contributed by atoms with E-state index < -0.39 is 5.60 Å². The van der Waals surface area contributed by atoms with Crippen LogP contribution in [0, 0.1) is 0 Å². The van der Waals surface area contributed by atoms with E-state index >= 15 is 0 Å². The lowest BCUT2D eigenvalue weighted by molar-refractivity contribution is -0.128. The zero-order valence-electron chi connectivity index (χ0n) is 18.6. The van der Waals surface area contributed by atoms with Crippen molar-refractivity contribution in [1.82, 2.24) is 4.98 Å². The first-order valence-corrected chi connectivity index (χ1v) is 10.5. The number of rotatable bonds is 5. The van der Waals surface area contributed by atoms with Crippen LogP contribution in [-0.4, -0.2) is 28.3 Å². The number of nitrogens with one attached hydrogen (secondary N) is 3. The summed E-state index contributed by atoms with van der Waals surface area (Å²) in [5.41, 5.74) is 3.53. The van der Waals surface area contributed by atoms with Crippen molar-refractivity contribution in [3.63, 3.8) is 0 Å². The number of carbonyl (C=O) groups excluding carboxylic acids is 3. The van der Waals surface area contributed by atoms with Crippen LogP contribution in [0.3, 0.4) is 0 Å². The molecule has 2 aromatic carbocycles. The van der Waals surface area contributed by atoms with Crippen molar-refractivity contribution in [1.29, 1.82) is 0 Å². The molecule has 1 aliphatic heterocycles. The first kappa shape index (κ1) is 22.0. The van der Waals surface area contributed by atoms with Gasteiger partial charge in [0.05, 0.1) is 0 Å². The zero-order chi connectivity index (χ0) is 23.6. The maximum absolute atomic E-state index is 13.1. The predicted octanol–water partition coefficient (Wildman–Crippen LogP) is 4.00. The molecule has 3 amide bonds. The summed E-state index contributed by atoms with van der Waals surface area (Å²) in [6.45, 7) is 4.63. The molecule has 0 saturated heterocycles. The van der Waals surface area contributed by atoms with Gasteiger partial charge in [-0.2, -0.15) is 0 Å². The summed E-state index contributed by atoms with van der Waals surface area (Å²) in [7, 11) is 0. The third-order valence-electron chi connectivity index (χ3n) is 5.31. The minimum absolute atomic E-state index is 0.132. The van der Waals surface area contributed by atoms with Crippen molar-refractivity contribution >= 4 is 34.8 Å². The summed E-state index contributed by atoms with van der Waals surface area (Å²) in [5, 5.41) is 8.32. The second-order valence-corrected chi connectivity index (χ2v) is 8.12. The molecule has 33 heavy (non-hydrogen) atoms. The van der Waals surface area contributed by atoms with Crippen LogP contribution < -0.4 is 20.7 Å². The molecule has 4 rings (SSSR count). The lowest BCUT2D eigenvalue weighted by atomic mass is 9.93. The van der Waals surface area contributed by atoms with Crippen molar-refractivity contribution < 1.29 is 19.1 Å². The van der Waals surface area contributed by atoms with E-state index in [-0.39, 0.29) is 17.7 Å². The Bertz CT molecular complexity index is 1220. The normalized spacial score (nSPS) is 16.3. The van der Waals surface area contributed by atoms with Gasteiger partial charge in [-0.15, -0.1) is 0 Å². The Hall–Kier alpha value is -4.20. The monoisotopic (exact) mass is 444 g/mol. The minimum Gasteiger partial charge on any atom is -0.461 e. The maximum atomic E-state index is 13.1. The fourth-order valence-corrected chi connectivity index (χ4v) is 3.76. The van der Waals surface area contributed by atoms with Crippen LogP contribution >= 0.6 is 0 Å². The third-order valence-corrected chi connectivity index (χ3v) is 5.31. The maximum Gasteiger partial charge on any atom is 0.268 e. The minimum atomic E-state index is -1.13. The van der Waals surface area contributed by atoms with Gasteiger partial charge in [0.25, 0.3) is 5.91 Å². The topological polar surface area (TPSA) is 109 Å². The summed E-state index contributed by atoms with van der Waals surface area (Å²) in [6.07, 6.45) is 2.01. The van der Waals surface area contributed by atoms with Gasteiger partial charge in [0.1, 0.15) is 0 Å². The van der Waals surface area contributed by atoms with Crippen LogP contribution in [0.4, 0.5) is 17.1 Å². The van der Waals surface area contributed by atoms with Gasteiger partial charge >= 0.3 is 0 Å². The zero-order valence-corrected chi connectivity index (χ0v) is 18.6. The highest BCUT2D eigenvalue weighted by Crippen LogP contribution is 2.40. The molecule has 8 nitrogen and oxygen atoms in total. The molecule has 3 N–H and O–H groups in total. The van der Waals surface area contributed by atoms with Crippen LogP contribution in [-0.2, 0) is 20.8 Å². The van der Waals surface area contributed by atoms with E-state index in [4.69, 9.17) is 4.74 Å². The van der Waals surface area contributed by atoms with Crippen molar-refractivity contribution in [2.45, 2.75) is 32.8 Å². The van der Waals surface area contributed by atoms with Gasteiger partial charge in [-0.05, 0) is 60.5 Å². The summed E-state index contributed by atoms with van der Waals surface area (Å²) in [5.74, 6) is -0.159. The van der Waals surface area contributed by atoms with E-state index in [9.17, 15) is 14.4 Å². The summed E-state index contributed by atoms with van der Waals surface area (Å²) in [4.78, 5) is 39.8. The molecule has 1 aliphatic rings. The van der Waals surface area contributed by atoms with Gasteiger partial charge in [-0.1, -0.05) is 12.1 Å². The van der Waals surface area contributed by atoms with Gasteiger partial charge in [0.2, 0.25) is 17.7 Å². The Kier molecular flexibility index (Phi) is 5.83. The van der Waals surface area contributed by atoms with E-state index in [2.05, 4.69) is 20.9 Å². The first-order chi connectivity index (χ1) is 15.7. The molecule has 2 heterocycles. The summed E-state index contributed by atoms with van der Waals surface area (Å²) < 4.78 is 6.01. The highest BCUT2D eigenvalue weighted by atomic mass is 16.5. The standard InChI is InChI=1S/C25H24N4O4/c1-15(30)27-18-6-4-17(5-7-18)21-12-13-26-23-22(21)14-25(3,33-23)24(32)29-20-10-8-19(9-11-20)28-16(2)31/h4-13H,14H2,1-3H3,(H,27,30)(H,28,31)(H,29,32). The molecule has 168 valence electrons. The number of nitrogens with zero attached hydrogens (tertiary/aromatic N) is 1. The summed E-state index contributed by atoms with van der Waals surface area (Å²) >= 11 is 0. The first-order valence-electron chi connectivity index (χ1n) is 10.5. The predicted molar refractivity (Wildman–Crippen MR) is 126 cm³/mol. The van der Waals surface area contributed by atoms with Gasteiger partial charge in [-0.3, -0.25) is 14.4 Å². The van der Waals surface area contributed by atoms with Crippen LogP contribution in [0.2, 0.25) is 0 Å². The molecule has 0 radical (unpaired) electrons. The molecule has 8 heteroatoms. The van der Waals surface area contributed by atoms with Crippen molar-refractivity contribution in [2.75, 3.05) is 16.0 Å². The number of aromatic nitrogens is 1. The average Bonchev–Trinajstić information content (AvgIpc) is 3.12. The van der Waals surface area contributed by atoms with Gasteiger partial charge in [-0.25, -0.2) is 4.98 Å². The number of carbonyl (C=O) groups is 3. The van der Waals surface area contributed by atoms with E-state index in [1.165, 1.54) is 13.8 Å². The molecule has 0 fully saturated rings. The Morgan fingerprint density at radius 3 is 1.88 bits per heavy atom. The fourth-order valence-electron chi connectivity index (χ4n) is 3.76. The molecule has 1 atom stereocenters. The number of amides is 3. The fraction of sp³-hybridized carbons (Fsp3) is 0.200. The molecular formula is C25H24N4O4. The van der Waals surface area contributed by atoms with Gasteiger partial charge < -0.3 is 20.7 Å². The number of hydrogen-bond donors (Lipinski definition) is 3. The van der Waals surface area contributed by atoms with E-state index in [1.54, 1.807) is 37.4 Å². The number of hydrogen-bond acceptors (Lipinski definition) is 5. The van der Waals surface area contributed by atoms with Crippen molar-refractivity contribution in [3.8, 4) is 17.0 Å². The lowest BCUT2D eigenvalue weighted by Gasteiger charge is -2.22. The largest absolute Gasteiger partial charge is 0.461 e. The molecule has 0 spiro atoms. The second-order valence-electron chi connectivity index (χ2n) is 8.12. The molecule has 0 aliphatic carbocycles. The Morgan fingerprint density at radius 2 is 1.33 bits per heavy atom. The van der Waals surface area contributed by atoms with Crippen LogP contribution in [0.25, 0.3) is 11.1 Å². The summed E-state index contributed by atoms with van der Waals surface area (Å²) in [6, 6.07) is 16.2. The average molecular weight is 444 g/mol. The van der Waals surface area contributed by atoms with Crippen LogP contribution in [0.5, 0.6) is 5.88 Å². The highest BCUT2D eigenvalue weighted by Gasteiger charge is 2.43. The van der Waals surface area contributed by atoms with E-state index in [1.807, 2.05) is 30.3 Å². The van der Waals surface area contributed by atoms with Gasteiger partial charge in [0, 0.05) is 49.1 Å². The van der Waals surface area contributed by atoms with Crippen LogP contribution in [0.15, 0.2) is 60.8 Å². The van der Waals surface area contributed by atoms with Crippen LogP contribution in [0.1, 0.15) is 26.3 Å². The molecule has 0 saturated carbocycles. The number of pyridine rings is 1. The Morgan fingerprint density at radius 1 is 0.818 bits per heavy atom. The number of fused-ring (bicyclic) bond motifs is 1. The molecule has 3 aromatic rings. The molecule has 1 unspecified atom stereocenters. The van der Waals surface area contributed by atoms with Crippen molar-refractivity contribution in [3.05, 3.63) is 66.4 Å². The van der Waals surface area contributed by atoms with Gasteiger partial charge in [0.15, 0.2) is 5.60 Å². The lowest BCUT2D eigenvalue weighted by Crippen LogP contribution is -2.44. The Labute approximate surface area is 191 Å². The van der Waals surface area contributed by atoms with E-state index in [0.29, 0.717) is 29.4 Å². The SMILES string of the molecule is CC(=O)Nc1ccc(NC(=O)C2(C)Cc3c(-c4ccc(NC(C)=O)cc4)ccnc3O2)cc1. The number of benzene rings is 2. The van der Waals surface area contributed by atoms with Crippen molar-refractivity contribution in [2.24, 2.45) is 0 Å². The number of anilines is 3. The second kappa shape index (κ2) is 8.74. The molecular weight excluding hydrogens is 420 g/mol. The molecule has 1 aromatic heterocycles.